The third kappa shape index (κ3) is 2.85. The normalized spacial score (nSPS) is 11.3. The number of pyridine rings is 3. The molecule has 0 aliphatic carbocycles. The van der Waals surface area contributed by atoms with Crippen molar-refractivity contribution < 1.29 is 13.0 Å². The second kappa shape index (κ2) is 5.63. The summed E-state index contributed by atoms with van der Waals surface area (Å²) >= 11 is 0. The Morgan fingerprint density at radius 1 is 0.773 bits per heavy atom. The lowest BCUT2D eigenvalue weighted by Crippen LogP contribution is -2.03. The second-order valence-electron chi connectivity index (χ2n) is 4.45. The Balaban J connectivity index is 2.16. The van der Waals surface area contributed by atoms with Gasteiger partial charge in [-0.25, -0.2) is 4.98 Å². The van der Waals surface area contributed by atoms with Crippen LogP contribution in [-0.2, 0) is 10.1 Å². The van der Waals surface area contributed by atoms with Gasteiger partial charge in [0.15, 0.2) is 0 Å². The molecule has 0 radical (unpaired) electrons. The molecule has 3 aromatic rings. The molecule has 3 rings (SSSR count). The van der Waals surface area contributed by atoms with Gasteiger partial charge in [-0.15, -0.1) is 0 Å². The third-order valence-corrected chi connectivity index (χ3v) is 3.85. The molecular weight excluding hydrogens is 302 g/mol. The number of hydrogen-bond acceptors (Lipinski definition) is 5. The summed E-state index contributed by atoms with van der Waals surface area (Å²) in [6, 6.07) is 13.3. The SMILES string of the molecule is O=S(=O)(O)c1cccnc1-c1cccc(-c2ccccn2)n1. The van der Waals surface area contributed by atoms with E-state index in [4.69, 9.17) is 0 Å². The first-order valence-corrected chi connectivity index (χ1v) is 7.81. The Morgan fingerprint density at radius 3 is 2.23 bits per heavy atom. The molecule has 0 aliphatic heterocycles. The van der Waals surface area contributed by atoms with Crippen LogP contribution in [0.1, 0.15) is 0 Å². The summed E-state index contributed by atoms with van der Waals surface area (Å²) in [5.74, 6) is 0. The van der Waals surface area contributed by atoms with E-state index in [0.29, 0.717) is 17.1 Å². The van der Waals surface area contributed by atoms with Crippen molar-refractivity contribution in [2.75, 3.05) is 0 Å². The van der Waals surface area contributed by atoms with Crippen LogP contribution in [0.25, 0.3) is 22.8 Å². The van der Waals surface area contributed by atoms with Crippen LogP contribution in [0.5, 0.6) is 0 Å². The summed E-state index contributed by atoms with van der Waals surface area (Å²) in [4.78, 5) is 12.3. The highest BCUT2D eigenvalue weighted by Crippen LogP contribution is 2.25. The predicted molar refractivity (Wildman–Crippen MR) is 80.5 cm³/mol. The summed E-state index contributed by atoms with van der Waals surface area (Å²) < 4.78 is 32.2. The lowest BCUT2D eigenvalue weighted by molar-refractivity contribution is 0.483. The van der Waals surface area contributed by atoms with Crippen LogP contribution in [-0.4, -0.2) is 27.9 Å². The zero-order valence-corrected chi connectivity index (χ0v) is 12.1. The van der Waals surface area contributed by atoms with Crippen molar-refractivity contribution in [3.8, 4) is 22.8 Å². The summed E-state index contributed by atoms with van der Waals surface area (Å²) in [7, 11) is -4.38. The van der Waals surface area contributed by atoms with E-state index < -0.39 is 10.1 Å². The van der Waals surface area contributed by atoms with Gasteiger partial charge in [0.2, 0.25) is 0 Å². The molecule has 0 aliphatic rings. The Labute approximate surface area is 127 Å². The number of nitrogens with zero attached hydrogens (tertiary/aromatic N) is 3. The van der Waals surface area contributed by atoms with Crippen LogP contribution in [0, 0.1) is 0 Å². The monoisotopic (exact) mass is 313 g/mol. The van der Waals surface area contributed by atoms with Crippen molar-refractivity contribution in [3.63, 3.8) is 0 Å². The van der Waals surface area contributed by atoms with Gasteiger partial charge in [0.05, 0.1) is 17.1 Å². The maximum Gasteiger partial charge on any atom is 0.296 e. The van der Waals surface area contributed by atoms with Crippen molar-refractivity contribution >= 4 is 10.1 Å². The number of aromatic nitrogens is 3. The minimum Gasteiger partial charge on any atom is -0.282 e. The molecule has 22 heavy (non-hydrogen) atoms. The summed E-state index contributed by atoms with van der Waals surface area (Å²) in [6.07, 6.45) is 3.09. The van der Waals surface area contributed by atoms with E-state index in [0.717, 1.165) is 0 Å². The van der Waals surface area contributed by atoms with Crippen LogP contribution in [0.15, 0.2) is 65.8 Å². The standard InChI is InChI=1S/C15H11N3O3S/c19-22(20,21)14-8-4-10-17-15(14)13-7-3-6-12(18-13)11-5-1-2-9-16-11/h1-10H,(H,19,20,21). The summed E-state index contributed by atoms with van der Waals surface area (Å²) in [6.45, 7) is 0. The van der Waals surface area contributed by atoms with Gasteiger partial charge in [0.1, 0.15) is 10.6 Å². The maximum absolute atomic E-state index is 11.5. The Kier molecular flexibility index (Phi) is 3.66. The van der Waals surface area contributed by atoms with Gasteiger partial charge in [0, 0.05) is 12.4 Å². The minimum absolute atomic E-state index is 0.0998. The summed E-state index contributed by atoms with van der Waals surface area (Å²) in [5.41, 5.74) is 1.69. The van der Waals surface area contributed by atoms with Gasteiger partial charge in [-0.05, 0) is 36.4 Å². The van der Waals surface area contributed by atoms with Gasteiger partial charge in [-0.2, -0.15) is 8.42 Å². The van der Waals surface area contributed by atoms with E-state index in [9.17, 15) is 13.0 Å². The van der Waals surface area contributed by atoms with Crippen molar-refractivity contribution in [2.24, 2.45) is 0 Å². The topological polar surface area (TPSA) is 93.0 Å². The van der Waals surface area contributed by atoms with Crippen molar-refractivity contribution in [1.29, 1.82) is 0 Å². The fourth-order valence-electron chi connectivity index (χ4n) is 2.01. The summed E-state index contributed by atoms with van der Waals surface area (Å²) in [5, 5.41) is 0. The lowest BCUT2D eigenvalue weighted by atomic mass is 10.2. The fraction of sp³-hybridized carbons (Fsp3) is 0. The smallest absolute Gasteiger partial charge is 0.282 e. The minimum atomic E-state index is -4.38. The highest BCUT2D eigenvalue weighted by atomic mass is 32.2. The Hall–Kier alpha value is -2.64. The van der Waals surface area contributed by atoms with E-state index in [-0.39, 0.29) is 10.6 Å². The van der Waals surface area contributed by atoms with Gasteiger partial charge in [0.25, 0.3) is 10.1 Å². The van der Waals surface area contributed by atoms with Gasteiger partial charge < -0.3 is 0 Å². The van der Waals surface area contributed by atoms with Crippen molar-refractivity contribution in [2.45, 2.75) is 4.90 Å². The van der Waals surface area contributed by atoms with E-state index in [2.05, 4.69) is 15.0 Å². The van der Waals surface area contributed by atoms with Gasteiger partial charge >= 0.3 is 0 Å². The first kappa shape index (κ1) is 14.3. The van der Waals surface area contributed by atoms with Gasteiger partial charge in [-0.3, -0.25) is 14.5 Å². The molecule has 6 nitrogen and oxygen atoms in total. The maximum atomic E-state index is 11.5. The van der Waals surface area contributed by atoms with Crippen LogP contribution in [0.4, 0.5) is 0 Å². The molecule has 3 heterocycles. The van der Waals surface area contributed by atoms with E-state index in [1.54, 1.807) is 36.5 Å². The first-order valence-electron chi connectivity index (χ1n) is 6.37. The molecule has 0 amide bonds. The average Bonchev–Trinajstić information content (AvgIpc) is 2.55. The first-order chi connectivity index (χ1) is 10.6. The molecule has 0 atom stereocenters. The molecule has 1 N–H and O–H groups in total. The lowest BCUT2D eigenvalue weighted by Gasteiger charge is -2.07. The fourth-order valence-corrected chi connectivity index (χ4v) is 2.67. The molecule has 3 aromatic heterocycles. The zero-order chi connectivity index (χ0) is 15.6. The highest BCUT2D eigenvalue weighted by Gasteiger charge is 2.18. The highest BCUT2D eigenvalue weighted by molar-refractivity contribution is 7.86. The van der Waals surface area contributed by atoms with Crippen molar-refractivity contribution in [1.82, 2.24) is 15.0 Å². The van der Waals surface area contributed by atoms with Gasteiger partial charge in [-0.1, -0.05) is 12.1 Å². The van der Waals surface area contributed by atoms with Crippen LogP contribution < -0.4 is 0 Å². The number of hydrogen-bond donors (Lipinski definition) is 1. The molecule has 0 aromatic carbocycles. The van der Waals surface area contributed by atoms with Crippen molar-refractivity contribution in [3.05, 3.63) is 60.9 Å². The Bertz CT molecular complexity index is 912. The molecule has 0 saturated heterocycles. The largest absolute Gasteiger partial charge is 0.296 e. The Morgan fingerprint density at radius 2 is 1.50 bits per heavy atom. The zero-order valence-electron chi connectivity index (χ0n) is 11.3. The van der Waals surface area contributed by atoms with Crippen LogP contribution >= 0.6 is 0 Å². The van der Waals surface area contributed by atoms with E-state index in [1.165, 1.54) is 18.3 Å². The quantitative estimate of drug-likeness (QED) is 0.747. The van der Waals surface area contributed by atoms with Crippen LogP contribution in [0.3, 0.4) is 0 Å². The van der Waals surface area contributed by atoms with Crippen LogP contribution in [0.2, 0.25) is 0 Å². The molecule has 0 saturated carbocycles. The van der Waals surface area contributed by atoms with E-state index >= 15 is 0 Å². The molecular formula is C15H11N3O3S. The molecule has 0 spiro atoms. The molecule has 7 heteroatoms. The third-order valence-electron chi connectivity index (χ3n) is 2.97. The molecule has 110 valence electrons. The molecule has 0 unspecified atom stereocenters. The van der Waals surface area contributed by atoms with E-state index in [1.807, 2.05) is 6.07 Å². The second-order valence-corrected chi connectivity index (χ2v) is 5.84. The molecule has 0 bridgehead atoms. The predicted octanol–water partition coefficient (Wildman–Crippen LogP) is 2.45. The average molecular weight is 313 g/mol. The number of rotatable bonds is 3. The molecule has 0 fully saturated rings.